The Morgan fingerprint density at radius 3 is 2.64 bits per heavy atom. The highest BCUT2D eigenvalue weighted by atomic mass is 16.5. The molecule has 136 valence electrons. The van der Waals surface area contributed by atoms with E-state index in [2.05, 4.69) is 22.0 Å². The van der Waals surface area contributed by atoms with Gasteiger partial charge in [0.1, 0.15) is 0 Å². The molecular weight excluding hydrogens is 318 g/mol. The van der Waals surface area contributed by atoms with Crippen molar-refractivity contribution >= 4 is 0 Å². The second-order valence-electron chi connectivity index (χ2n) is 6.69. The van der Waals surface area contributed by atoms with E-state index in [1.807, 2.05) is 31.2 Å². The lowest BCUT2D eigenvalue weighted by atomic mass is 10.0. The number of nitrogens with zero attached hydrogens (tertiary/aromatic N) is 3. The highest BCUT2D eigenvalue weighted by molar-refractivity contribution is 5.23. The second kappa shape index (κ2) is 8.56. The van der Waals surface area contributed by atoms with Gasteiger partial charge in [0.15, 0.2) is 5.82 Å². The van der Waals surface area contributed by atoms with Crippen molar-refractivity contribution in [1.29, 1.82) is 0 Å². The maximum atomic E-state index is 10.5. The number of hydrogen-bond donors (Lipinski definition) is 1. The first-order chi connectivity index (χ1) is 12.2. The summed E-state index contributed by atoms with van der Waals surface area (Å²) in [5.74, 6) is 1.70. The Labute approximate surface area is 148 Å². The molecule has 1 unspecified atom stereocenters. The molecular formula is C19H27N3O3. The average Bonchev–Trinajstić information content (AvgIpc) is 3.11. The van der Waals surface area contributed by atoms with E-state index in [0.29, 0.717) is 30.7 Å². The Kier molecular flexibility index (Phi) is 6.18. The summed E-state index contributed by atoms with van der Waals surface area (Å²) in [5, 5.41) is 14.6. The van der Waals surface area contributed by atoms with Crippen molar-refractivity contribution in [1.82, 2.24) is 15.0 Å². The molecule has 1 N–H and O–H groups in total. The van der Waals surface area contributed by atoms with Crippen LogP contribution in [0.4, 0.5) is 0 Å². The molecule has 0 spiro atoms. The van der Waals surface area contributed by atoms with Gasteiger partial charge in [-0.2, -0.15) is 4.98 Å². The number of hydrogen-bond acceptors (Lipinski definition) is 6. The fourth-order valence-corrected chi connectivity index (χ4v) is 3.09. The van der Waals surface area contributed by atoms with Crippen molar-refractivity contribution in [2.45, 2.75) is 45.3 Å². The molecule has 1 atom stereocenters. The van der Waals surface area contributed by atoms with Gasteiger partial charge in [0, 0.05) is 25.7 Å². The van der Waals surface area contributed by atoms with Crippen molar-refractivity contribution < 1.29 is 14.4 Å². The van der Waals surface area contributed by atoms with Crippen LogP contribution < -0.4 is 0 Å². The lowest BCUT2D eigenvalue weighted by Crippen LogP contribution is -2.28. The van der Waals surface area contributed by atoms with Gasteiger partial charge in [-0.25, -0.2) is 0 Å². The maximum absolute atomic E-state index is 10.5. The number of aliphatic hydroxyl groups is 1. The summed E-state index contributed by atoms with van der Waals surface area (Å²) in [5.41, 5.74) is 2.12. The van der Waals surface area contributed by atoms with E-state index in [9.17, 15) is 5.11 Å². The first kappa shape index (κ1) is 18.0. The standard InChI is InChI=1S/C19H27N3O3/c1-3-22(12-17(23)15-6-4-14(2)5-7-15)13-18-20-19(25-21-18)16-8-10-24-11-9-16/h4-7,16-17,23H,3,8-13H2,1-2H3. The molecule has 6 nitrogen and oxygen atoms in total. The first-order valence-corrected chi connectivity index (χ1v) is 9.03. The Morgan fingerprint density at radius 2 is 1.96 bits per heavy atom. The molecule has 2 aromatic rings. The van der Waals surface area contributed by atoms with Gasteiger partial charge in [-0.05, 0) is 31.9 Å². The van der Waals surface area contributed by atoms with Gasteiger partial charge in [-0.15, -0.1) is 0 Å². The van der Waals surface area contributed by atoms with E-state index >= 15 is 0 Å². The van der Waals surface area contributed by atoms with Crippen molar-refractivity contribution in [3.05, 3.63) is 47.1 Å². The van der Waals surface area contributed by atoms with Gasteiger partial charge in [-0.1, -0.05) is 41.9 Å². The first-order valence-electron chi connectivity index (χ1n) is 9.03. The SMILES string of the molecule is CCN(Cc1noc(C2CCOCC2)n1)CC(O)c1ccc(C)cc1. The zero-order valence-corrected chi connectivity index (χ0v) is 15.0. The number of benzene rings is 1. The van der Waals surface area contributed by atoms with Gasteiger partial charge in [0.25, 0.3) is 0 Å². The average molecular weight is 345 g/mol. The fourth-order valence-electron chi connectivity index (χ4n) is 3.09. The molecule has 25 heavy (non-hydrogen) atoms. The van der Waals surface area contributed by atoms with Gasteiger partial charge in [-0.3, -0.25) is 4.90 Å². The van der Waals surface area contributed by atoms with E-state index in [1.54, 1.807) is 0 Å². The molecule has 1 aromatic heterocycles. The van der Waals surface area contributed by atoms with Gasteiger partial charge >= 0.3 is 0 Å². The number of rotatable bonds is 7. The predicted molar refractivity (Wildman–Crippen MR) is 94.2 cm³/mol. The van der Waals surface area contributed by atoms with E-state index < -0.39 is 6.10 Å². The number of ether oxygens (including phenoxy) is 1. The molecule has 0 amide bonds. The minimum absolute atomic E-state index is 0.309. The van der Waals surface area contributed by atoms with Crippen LogP contribution in [0.15, 0.2) is 28.8 Å². The van der Waals surface area contributed by atoms with Crippen LogP contribution in [0.2, 0.25) is 0 Å². The topological polar surface area (TPSA) is 71.6 Å². The monoisotopic (exact) mass is 345 g/mol. The summed E-state index contributed by atoms with van der Waals surface area (Å²) < 4.78 is 10.8. The molecule has 1 saturated heterocycles. The highest BCUT2D eigenvalue weighted by Gasteiger charge is 2.23. The Bertz CT molecular complexity index is 650. The number of aliphatic hydroxyl groups excluding tert-OH is 1. The van der Waals surface area contributed by atoms with Crippen LogP contribution in [0.3, 0.4) is 0 Å². The predicted octanol–water partition coefficient (Wildman–Crippen LogP) is 2.83. The largest absolute Gasteiger partial charge is 0.387 e. The molecule has 2 heterocycles. The third-order valence-corrected chi connectivity index (χ3v) is 4.76. The van der Waals surface area contributed by atoms with Gasteiger partial charge in [0.05, 0.1) is 12.6 Å². The van der Waals surface area contributed by atoms with E-state index in [-0.39, 0.29) is 0 Å². The van der Waals surface area contributed by atoms with Crippen LogP contribution in [0.5, 0.6) is 0 Å². The highest BCUT2D eigenvalue weighted by Crippen LogP contribution is 2.25. The Hall–Kier alpha value is -1.76. The van der Waals surface area contributed by atoms with Crippen molar-refractivity contribution in [3.8, 4) is 0 Å². The second-order valence-corrected chi connectivity index (χ2v) is 6.69. The molecule has 0 bridgehead atoms. The molecule has 6 heteroatoms. The van der Waals surface area contributed by atoms with Gasteiger partial charge < -0.3 is 14.4 Å². The van der Waals surface area contributed by atoms with Crippen molar-refractivity contribution in [3.63, 3.8) is 0 Å². The number of likely N-dealkylation sites (N-methyl/N-ethyl adjacent to an activating group) is 1. The van der Waals surface area contributed by atoms with Crippen LogP contribution in [-0.2, 0) is 11.3 Å². The quantitative estimate of drug-likeness (QED) is 0.832. The molecule has 1 fully saturated rings. The van der Waals surface area contributed by atoms with Crippen LogP contribution in [-0.4, -0.2) is 46.5 Å². The molecule has 3 rings (SSSR count). The van der Waals surface area contributed by atoms with Gasteiger partial charge in [0.2, 0.25) is 5.89 Å². The zero-order valence-electron chi connectivity index (χ0n) is 15.0. The number of aryl methyl sites for hydroxylation is 1. The molecule has 0 radical (unpaired) electrons. The fraction of sp³-hybridized carbons (Fsp3) is 0.579. The van der Waals surface area contributed by atoms with Crippen molar-refractivity contribution in [2.75, 3.05) is 26.3 Å². The maximum Gasteiger partial charge on any atom is 0.229 e. The van der Waals surface area contributed by atoms with Crippen LogP contribution in [0, 0.1) is 6.92 Å². The lowest BCUT2D eigenvalue weighted by Gasteiger charge is -2.22. The molecule has 1 aliphatic heterocycles. The van der Waals surface area contributed by atoms with Crippen LogP contribution in [0.1, 0.15) is 54.6 Å². The molecule has 1 aliphatic rings. The van der Waals surface area contributed by atoms with Crippen molar-refractivity contribution in [2.24, 2.45) is 0 Å². The Morgan fingerprint density at radius 1 is 1.24 bits per heavy atom. The van der Waals surface area contributed by atoms with E-state index in [1.165, 1.54) is 5.56 Å². The van der Waals surface area contributed by atoms with E-state index in [4.69, 9.17) is 9.26 Å². The lowest BCUT2D eigenvalue weighted by molar-refractivity contribution is 0.0778. The minimum Gasteiger partial charge on any atom is -0.387 e. The summed E-state index contributed by atoms with van der Waals surface area (Å²) in [7, 11) is 0. The molecule has 1 aromatic carbocycles. The normalized spacial score (nSPS) is 17.1. The smallest absolute Gasteiger partial charge is 0.229 e. The summed E-state index contributed by atoms with van der Waals surface area (Å²) in [4.78, 5) is 6.68. The van der Waals surface area contributed by atoms with Crippen LogP contribution in [0.25, 0.3) is 0 Å². The number of aromatic nitrogens is 2. The zero-order chi connectivity index (χ0) is 17.6. The third-order valence-electron chi connectivity index (χ3n) is 4.76. The summed E-state index contributed by atoms with van der Waals surface area (Å²) >= 11 is 0. The Balaban J connectivity index is 1.58. The summed E-state index contributed by atoms with van der Waals surface area (Å²) in [6.45, 7) is 7.55. The molecule has 0 saturated carbocycles. The van der Waals surface area contributed by atoms with Crippen LogP contribution >= 0.6 is 0 Å². The molecule has 0 aliphatic carbocycles. The minimum atomic E-state index is -0.526. The third kappa shape index (κ3) is 4.87. The van der Waals surface area contributed by atoms with E-state index in [0.717, 1.165) is 38.2 Å². The summed E-state index contributed by atoms with van der Waals surface area (Å²) in [6, 6.07) is 8.00. The summed E-state index contributed by atoms with van der Waals surface area (Å²) in [6.07, 6.45) is 1.35.